The number of carbonyl (C=O) groups is 8. The van der Waals surface area contributed by atoms with Crippen molar-refractivity contribution in [3.63, 3.8) is 0 Å². The van der Waals surface area contributed by atoms with Gasteiger partial charge in [-0.05, 0) is 201 Å². The van der Waals surface area contributed by atoms with E-state index in [2.05, 4.69) is 33.3 Å². The van der Waals surface area contributed by atoms with Gasteiger partial charge in [-0.2, -0.15) is 9.97 Å². The SMILES string of the molecule is COc1cc2cc(F)ccc2c(O[C@@H]2C[C@H]3C(=O)C[C@]4(C(=O)NS(=O)(=O)C5(CF)CC5)C[C@H]4/C=C\CC[C@@H](C)C[C@@H](C)[C@H](CC(=O)OC(C)(C)C)C(=O)N3C2)n1.COc1cc2cc(F)ccc2c(O[C@@H]2C[C@H]3C(=O)C[C@]4(C(=O)NS(=O)(=O)C5(CF)CC5)C[C@H]4/C=C\CC[C@H](C)C[C@@H](C)[C@H](CC(=O)OC(C)(C)C)C(=O)N3C2)n1. The summed E-state index contributed by atoms with van der Waals surface area (Å²) in [6.45, 7) is 16.1. The van der Waals surface area contributed by atoms with Crippen molar-refractivity contribution in [2.45, 2.75) is 230 Å². The van der Waals surface area contributed by atoms with Gasteiger partial charge < -0.3 is 38.2 Å². The molecule has 4 aliphatic carbocycles. The summed E-state index contributed by atoms with van der Waals surface area (Å²) in [5, 5.41) is 1.88. The second-order valence-electron chi connectivity index (χ2n) is 34.8. The molecule has 12 rings (SSSR count). The normalized spacial score (nSPS) is 30.0. The number of methoxy groups -OCH3 is 2. The summed E-state index contributed by atoms with van der Waals surface area (Å²) < 4.78 is 145. The number of hydrogen-bond donors (Lipinski definition) is 2. The summed E-state index contributed by atoms with van der Waals surface area (Å²) in [5.74, 6) is -7.96. The molecule has 0 unspecified atom stereocenters. The highest BCUT2D eigenvalue weighted by Gasteiger charge is 2.66. The van der Waals surface area contributed by atoms with Crippen LogP contribution in [0.15, 0.2) is 72.8 Å². The van der Waals surface area contributed by atoms with Crippen LogP contribution in [0.3, 0.4) is 0 Å². The van der Waals surface area contributed by atoms with Gasteiger partial charge in [-0.1, -0.05) is 52.0 Å². The molecule has 0 radical (unpaired) electrons. The number of allylic oxidation sites excluding steroid dienone is 4. The molecule has 14 atom stereocenters. The summed E-state index contributed by atoms with van der Waals surface area (Å²) in [6, 6.07) is 9.09. The van der Waals surface area contributed by atoms with Gasteiger partial charge in [0.1, 0.15) is 57.9 Å². The largest absolute Gasteiger partial charge is 0.481 e. The molecule has 30 heteroatoms. The van der Waals surface area contributed by atoms with Crippen molar-refractivity contribution in [3.8, 4) is 23.5 Å². The number of benzene rings is 2. The van der Waals surface area contributed by atoms with Gasteiger partial charge in [0, 0.05) is 48.6 Å². The van der Waals surface area contributed by atoms with Crippen molar-refractivity contribution in [1.82, 2.24) is 29.2 Å². The number of pyridine rings is 2. The number of aromatic nitrogens is 2. The molecule has 2 aromatic heterocycles. The molecule has 6 heterocycles. The van der Waals surface area contributed by atoms with Gasteiger partial charge in [0.2, 0.25) is 67.2 Å². The Kier molecular flexibility index (Phi) is 24.9. The number of halogens is 4. The lowest BCUT2D eigenvalue weighted by atomic mass is 9.82. The van der Waals surface area contributed by atoms with E-state index in [-0.39, 0.29) is 137 Å². The zero-order valence-corrected chi connectivity index (χ0v) is 67.5. The third kappa shape index (κ3) is 18.9. The molecule has 2 N–H and O–H groups in total. The van der Waals surface area contributed by atoms with Gasteiger partial charge in [0.05, 0.1) is 74.9 Å². The maximum Gasteiger partial charge on any atom is 0.307 e. The minimum absolute atomic E-state index is 0.00242. The summed E-state index contributed by atoms with van der Waals surface area (Å²) in [4.78, 5) is 125. The van der Waals surface area contributed by atoms with Crippen LogP contribution in [0.4, 0.5) is 17.6 Å². The number of esters is 2. The fourth-order valence-electron chi connectivity index (χ4n) is 16.7. The first-order valence-electron chi connectivity index (χ1n) is 38.9. The number of hydrogen-bond acceptors (Lipinski definition) is 20. The summed E-state index contributed by atoms with van der Waals surface area (Å²) in [6.07, 6.45) is 9.59. The number of nitrogens with zero attached hydrogens (tertiary/aromatic N) is 4. The number of sulfonamides is 2. The van der Waals surface area contributed by atoms with Crippen LogP contribution in [0.2, 0.25) is 0 Å². The van der Waals surface area contributed by atoms with Crippen LogP contribution in [0, 0.1) is 69.8 Å². The van der Waals surface area contributed by atoms with E-state index in [9.17, 15) is 72.8 Å². The van der Waals surface area contributed by atoms with Crippen molar-refractivity contribution >= 4 is 88.7 Å². The molecule has 612 valence electrons. The van der Waals surface area contributed by atoms with E-state index in [4.69, 9.17) is 28.4 Å². The number of carbonyl (C=O) groups excluding carboxylic acids is 8. The van der Waals surface area contributed by atoms with E-state index < -0.39 is 172 Å². The van der Waals surface area contributed by atoms with Crippen LogP contribution in [0.25, 0.3) is 21.5 Å². The first-order valence-corrected chi connectivity index (χ1v) is 41.9. The van der Waals surface area contributed by atoms with E-state index in [1.807, 2.05) is 38.2 Å². The second kappa shape index (κ2) is 32.9. The maximum absolute atomic E-state index is 14.8. The minimum Gasteiger partial charge on any atom is -0.481 e. The van der Waals surface area contributed by atoms with Crippen LogP contribution in [0.1, 0.15) is 185 Å². The summed E-state index contributed by atoms with van der Waals surface area (Å²) in [7, 11) is -5.90. The molecule has 24 nitrogen and oxygen atoms in total. The lowest BCUT2D eigenvalue weighted by molar-refractivity contribution is -0.160. The van der Waals surface area contributed by atoms with E-state index in [0.717, 1.165) is 12.8 Å². The third-order valence-electron chi connectivity index (χ3n) is 23.7. The van der Waals surface area contributed by atoms with Crippen molar-refractivity contribution < 1.29 is 101 Å². The van der Waals surface area contributed by atoms with Crippen LogP contribution < -0.4 is 28.4 Å². The quantitative estimate of drug-likeness (QED) is 0.0531. The average Bonchev–Trinajstić information content (AvgIpc) is 1.57. The Morgan fingerprint density at radius 2 is 0.920 bits per heavy atom. The van der Waals surface area contributed by atoms with Gasteiger partial charge in [-0.25, -0.2) is 34.4 Å². The molecule has 0 spiro atoms. The Morgan fingerprint density at radius 1 is 0.554 bits per heavy atom. The van der Waals surface area contributed by atoms with Crippen molar-refractivity contribution in [3.05, 3.63) is 84.5 Å². The highest BCUT2D eigenvalue weighted by Crippen LogP contribution is 2.59. The number of ketones is 2. The molecule has 2 saturated heterocycles. The lowest BCUT2D eigenvalue weighted by Gasteiger charge is -2.32. The molecule has 4 saturated carbocycles. The number of ether oxygens (including phenoxy) is 6. The van der Waals surface area contributed by atoms with Crippen LogP contribution >= 0.6 is 0 Å². The molecular formula is C82H106F4N6O18S2. The van der Waals surface area contributed by atoms with Crippen molar-refractivity contribution in [2.75, 3.05) is 40.7 Å². The van der Waals surface area contributed by atoms with E-state index in [1.165, 1.54) is 60.4 Å². The number of alkyl halides is 2. The molecule has 0 bridgehead atoms. The number of fused-ring (bicyclic) bond motifs is 6. The average molecular weight is 1600 g/mol. The van der Waals surface area contributed by atoms with Gasteiger partial charge >= 0.3 is 11.9 Å². The van der Waals surface area contributed by atoms with Crippen molar-refractivity contribution in [2.24, 2.45) is 58.2 Å². The minimum atomic E-state index is -4.36. The molecule has 6 fully saturated rings. The van der Waals surface area contributed by atoms with Gasteiger partial charge in [-0.3, -0.25) is 47.8 Å². The Hall–Kier alpha value is -8.28. The van der Waals surface area contributed by atoms with Crippen LogP contribution in [-0.2, 0) is 67.9 Å². The fraction of sp³-hybridized carbons (Fsp3) is 0.634. The van der Waals surface area contributed by atoms with Gasteiger partial charge in [-0.15, -0.1) is 0 Å². The Bertz CT molecular complexity index is 4310. The molecule has 8 aliphatic rings. The zero-order chi connectivity index (χ0) is 81.6. The lowest BCUT2D eigenvalue weighted by Crippen LogP contribution is -2.48. The standard InChI is InChI=1S/2C41H53F2N3O9S/c2*1-24-9-7-8-10-27-20-41(27,38(50)45-56(51,52)40(23-42)13-14-40)21-33(47)32-18-29(54-36-30-12-11-28(43)16-26(30)17-34(44-36)53-6)22-46(32)37(49)31(25(2)15-24)19-35(48)55-39(3,4)5/h2*8,10-12,16-17,24-25,27,29,31-32H,7,9,13-15,18-23H2,1-6H3,(H,45,50)/b2*10-8-/t24-,25+,27+,29+,31-,32-,41+;24-,25-,27-,29-,31+,32+,41-/m01/s1. The Labute approximate surface area is 652 Å². The third-order valence-corrected chi connectivity index (χ3v) is 27.9. The fourth-order valence-corrected chi connectivity index (χ4v) is 19.5. The van der Waals surface area contributed by atoms with E-state index in [1.54, 1.807) is 53.7 Å². The predicted molar refractivity (Wildman–Crippen MR) is 406 cm³/mol. The Morgan fingerprint density at radius 3 is 1.25 bits per heavy atom. The molecule has 4 aliphatic heterocycles. The molecule has 112 heavy (non-hydrogen) atoms. The summed E-state index contributed by atoms with van der Waals surface area (Å²) >= 11 is 0. The monoisotopic (exact) mass is 1600 g/mol. The van der Waals surface area contributed by atoms with Crippen LogP contribution in [0.5, 0.6) is 23.5 Å². The number of nitrogens with one attached hydrogen (secondary N) is 2. The Balaban J connectivity index is 0.000000221. The maximum atomic E-state index is 14.8. The topological polar surface area (TPSA) is 317 Å². The van der Waals surface area contributed by atoms with Gasteiger partial charge in [0.25, 0.3) is 0 Å². The smallest absolute Gasteiger partial charge is 0.307 e. The highest BCUT2D eigenvalue weighted by molar-refractivity contribution is 7.92. The highest BCUT2D eigenvalue weighted by atomic mass is 32.2. The zero-order valence-electron chi connectivity index (χ0n) is 65.9. The first-order chi connectivity index (χ1) is 52.6. The van der Waals surface area contributed by atoms with E-state index in [0.29, 0.717) is 47.2 Å². The molecule has 4 aromatic rings. The van der Waals surface area contributed by atoms with Crippen LogP contribution in [-0.4, -0.2) is 169 Å². The molecule has 2 aromatic carbocycles. The molecule has 4 amide bonds. The number of amides is 4. The second-order valence-corrected chi connectivity index (χ2v) is 39.0. The first kappa shape index (κ1) is 84.6. The number of Topliss-reactive ketones (excluding diaryl/α,β-unsaturated/α-hetero) is 2. The number of rotatable bonds is 18. The van der Waals surface area contributed by atoms with Gasteiger partial charge in [0.15, 0.2) is 11.6 Å². The van der Waals surface area contributed by atoms with Crippen molar-refractivity contribution in [1.29, 1.82) is 0 Å². The predicted octanol–water partition coefficient (Wildman–Crippen LogP) is 12.0. The summed E-state index contributed by atoms with van der Waals surface area (Å²) in [5.41, 5.74) is -4.44. The van der Waals surface area contributed by atoms with E-state index >= 15 is 0 Å². The molecular weight excluding hydrogens is 1500 g/mol.